The van der Waals surface area contributed by atoms with Crippen molar-refractivity contribution in [3.8, 4) is 11.4 Å². The molecule has 2 aromatic rings. The van der Waals surface area contributed by atoms with Crippen molar-refractivity contribution < 1.29 is 22.7 Å². The van der Waals surface area contributed by atoms with Crippen LogP contribution >= 0.6 is 0 Å². The molecule has 0 radical (unpaired) electrons. The Hall–Kier alpha value is -1.89. The summed E-state index contributed by atoms with van der Waals surface area (Å²) in [6.07, 6.45) is -3.76. The second-order valence-corrected chi connectivity index (χ2v) is 4.71. The zero-order valence-corrected chi connectivity index (χ0v) is 11.2. The molecule has 2 rings (SSSR count). The molecule has 1 N–H and O–H groups in total. The van der Waals surface area contributed by atoms with E-state index in [1.807, 2.05) is 0 Å². The van der Waals surface area contributed by atoms with E-state index in [0.29, 0.717) is 11.1 Å². The standard InChI is InChI=1S/C14H14F4N2O/c1-9(6-15)20-7-12(14(16,17)18)19-13(20)11-4-2-10(8-21)3-5-11/h2-5,7,9,21H,6,8H2,1H3. The summed E-state index contributed by atoms with van der Waals surface area (Å²) in [5, 5.41) is 8.97. The summed E-state index contributed by atoms with van der Waals surface area (Å²) in [6, 6.07) is 5.52. The van der Waals surface area contributed by atoms with E-state index in [1.165, 1.54) is 11.5 Å². The number of alkyl halides is 4. The minimum atomic E-state index is -4.58. The van der Waals surface area contributed by atoms with Crippen LogP contribution in [-0.4, -0.2) is 21.3 Å². The van der Waals surface area contributed by atoms with Gasteiger partial charge >= 0.3 is 6.18 Å². The third-order valence-corrected chi connectivity index (χ3v) is 3.12. The Labute approximate surface area is 118 Å². The Morgan fingerprint density at radius 3 is 2.33 bits per heavy atom. The van der Waals surface area contributed by atoms with Crippen LogP contribution < -0.4 is 0 Å². The predicted octanol–water partition coefficient (Wildman–Crippen LogP) is 3.59. The van der Waals surface area contributed by atoms with Crippen molar-refractivity contribution in [1.82, 2.24) is 9.55 Å². The SMILES string of the molecule is CC(CF)n1cc(C(F)(F)F)nc1-c1ccc(CO)cc1. The Morgan fingerprint density at radius 1 is 1.24 bits per heavy atom. The van der Waals surface area contributed by atoms with E-state index >= 15 is 0 Å². The van der Waals surface area contributed by atoms with Crippen LogP contribution in [-0.2, 0) is 12.8 Å². The maximum absolute atomic E-state index is 12.8. The van der Waals surface area contributed by atoms with Gasteiger partial charge < -0.3 is 9.67 Å². The van der Waals surface area contributed by atoms with Crippen LogP contribution in [0.5, 0.6) is 0 Å². The number of aromatic nitrogens is 2. The third-order valence-electron chi connectivity index (χ3n) is 3.12. The number of aliphatic hydroxyl groups is 1. The molecule has 1 atom stereocenters. The molecule has 1 heterocycles. The fourth-order valence-corrected chi connectivity index (χ4v) is 1.91. The van der Waals surface area contributed by atoms with Gasteiger partial charge in [-0.1, -0.05) is 24.3 Å². The molecule has 114 valence electrons. The molecule has 0 aliphatic rings. The second kappa shape index (κ2) is 5.85. The van der Waals surface area contributed by atoms with Crippen LogP contribution in [0.15, 0.2) is 30.5 Å². The zero-order valence-electron chi connectivity index (χ0n) is 11.2. The highest BCUT2D eigenvalue weighted by Crippen LogP contribution is 2.32. The van der Waals surface area contributed by atoms with Gasteiger partial charge in [0, 0.05) is 11.8 Å². The van der Waals surface area contributed by atoms with Crippen LogP contribution in [0.3, 0.4) is 0 Å². The van der Waals surface area contributed by atoms with Gasteiger partial charge in [-0.3, -0.25) is 0 Å². The molecule has 1 aromatic carbocycles. The highest BCUT2D eigenvalue weighted by atomic mass is 19.4. The van der Waals surface area contributed by atoms with Gasteiger partial charge in [0.05, 0.1) is 12.6 Å². The Balaban J connectivity index is 2.51. The largest absolute Gasteiger partial charge is 0.434 e. The number of imidazole rings is 1. The lowest BCUT2D eigenvalue weighted by Gasteiger charge is -2.12. The minimum absolute atomic E-state index is 0.0527. The average Bonchev–Trinajstić information content (AvgIpc) is 2.91. The topological polar surface area (TPSA) is 38.0 Å². The summed E-state index contributed by atoms with van der Waals surface area (Å²) in [7, 11) is 0. The number of nitrogens with zero attached hydrogens (tertiary/aromatic N) is 2. The predicted molar refractivity (Wildman–Crippen MR) is 69.3 cm³/mol. The van der Waals surface area contributed by atoms with Crippen molar-refractivity contribution in [2.75, 3.05) is 6.67 Å². The summed E-state index contributed by atoms with van der Waals surface area (Å²) in [5.74, 6) is 0.0527. The van der Waals surface area contributed by atoms with E-state index in [1.54, 1.807) is 24.3 Å². The van der Waals surface area contributed by atoms with E-state index in [4.69, 9.17) is 5.11 Å². The van der Waals surface area contributed by atoms with Crippen LogP contribution in [0.25, 0.3) is 11.4 Å². The van der Waals surface area contributed by atoms with Crippen LogP contribution in [0.1, 0.15) is 24.2 Å². The monoisotopic (exact) mass is 302 g/mol. The molecular weight excluding hydrogens is 288 g/mol. The molecule has 0 aliphatic heterocycles. The molecular formula is C14H14F4N2O. The van der Waals surface area contributed by atoms with Crippen LogP contribution in [0.2, 0.25) is 0 Å². The number of benzene rings is 1. The smallest absolute Gasteiger partial charge is 0.392 e. The van der Waals surface area contributed by atoms with E-state index < -0.39 is 24.6 Å². The number of halogens is 4. The Kier molecular flexibility index (Phi) is 4.32. The molecule has 3 nitrogen and oxygen atoms in total. The average molecular weight is 302 g/mol. The molecule has 0 spiro atoms. The molecule has 0 saturated carbocycles. The van der Waals surface area contributed by atoms with Crippen molar-refractivity contribution in [2.24, 2.45) is 0 Å². The fourth-order valence-electron chi connectivity index (χ4n) is 1.91. The lowest BCUT2D eigenvalue weighted by Crippen LogP contribution is -2.08. The first-order chi connectivity index (χ1) is 9.86. The number of aliphatic hydroxyl groups excluding tert-OH is 1. The third kappa shape index (κ3) is 3.24. The van der Waals surface area contributed by atoms with E-state index in [9.17, 15) is 17.6 Å². The molecule has 1 aromatic heterocycles. The summed E-state index contributed by atoms with van der Waals surface area (Å²) in [5.41, 5.74) is 0.0125. The Bertz CT molecular complexity index is 604. The molecule has 1 unspecified atom stereocenters. The maximum Gasteiger partial charge on any atom is 0.434 e. The van der Waals surface area contributed by atoms with Gasteiger partial charge in [-0.15, -0.1) is 0 Å². The molecule has 0 aliphatic carbocycles. The van der Waals surface area contributed by atoms with Gasteiger partial charge in [-0.05, 0) is 12.5 Å². The summed E-state index contributed by atoms with van der Waals surface area (Å²) >= 11 is 0. The second-order valence-electron chi connectivity index (χ2n) is 4.71. The molecule has 7 heteroatoms. The first-order valence-corrected chi connectivity index (χ1v) is 6.29. The van der Waals surface area contributed by atoms with E-state index in [0.717, 1.165) is 6.20 Å². The van der Waals surface area contributed by atoms with Crippen molar-refractivity contribution in [2.45, 2.75) is 25.7 Å². The van der Waals surface area contributed by atoms with Crippen molar-refractivity contribution in [3.05, 3.63) is 41.7 Å². The summed E-state index contributed by atoms with van der Waals surface area (Å²) in [4.78, 5) is 3.59. The van der Waals surface area contributed by atoms with Crippen LogP contribution in [0, 0.1) is 0 Å². The number of hydrogen-bond acceptors (Lipinski definition) is 2. The molecule has 0 saturated heterocycles. The highest BCUT2D eigenvalue weighted by Gasteiger charge is 2.35. The van der Waals surface area contributed by atoms with Crippen LogP contribution in [0.4, 0.5) is 17.6 Å². The quantitative estimate of drug-likeness (QED) is 0.876. The van der Waals surface area contributed by atoms with Gasteiger partial charge in [0.25, 0.3) is 0 Å². The van der Waals surface area contributed by atoms with E-state index in [2.05, 4.69) is 4.98 Å². The molecule has 0 bridgehead atoms. The maximum atomic E-state index is 12.8. The zero-order chi connectivity index (χ0) is 15.6. The van der Waals surface area contributed by atoms with Gasteiger partial charge in [-0.25, -0.2) is 9.37 Å². The lowest BCUT2D eigenvalue weighted by atomic mass is 10.1. The van der Waals surface area contributed by atoms with Gasteiger partial charge in [0.2, 0.25) is 0 Å². The lowest BCUT2D eigenvalue weighted by molar-refractivity contribution is -0.140. The normalized spacial score (nSPS) is 13.4. The summed E-state index contributed by atoms with van der Waals surface area (Å²) < 4.78 is 52.3. The molecule has 21 heavy (non-hydrogen) atoms. The fraction of sp³-hybridized carbons (Fsp3) is 0.357. The van der Waals surface area contributed by atoms with Gasteiger partial charge in [0.15, 0.2) is 5.69 Å². The molecule has 0 amide bonds. The first kappa shape index (κ1) is 15.5. The van der Waals surface area contributed by atoms with Crippen molar-refractivity contribution >= 4 is 0 Å². The summed E-state index contributed by atoms with van der Waals surface area (Å²) in [6.45, 7) is 0.520. The van der Waals surface area contributed by atoms with E-state index in [-0.39, 0.29) is 12.4 Å². The number of hydrogen-bond donors (Lipinski definition) is 1. The first-order valence-electron chi connectivity index (χ1n) is 6.29. The molecule has 0 fully saturated rings. The van der Waals surface area contributed by atoms with Crippen molar-refractivity contribution in [1.29, 1.82) is 0 Å². The van der Waals surface area contributed by atoms with Gasteiger partial charge in [0.1, 0.15) is 12.5 Å². The minimum Gasteiger partial charge on any atom is -0.392 e. The number of rotatable bonds is 4. The Morgan fingerprint density at radius 2 is 1.86 bits per heavy atom. The highest BCUT2D eigenvalue weighted by molar-refractivity contribution is 5.57. The van der Waals surface area contributed by atoms with Gasteiger partial charge in [-0.2, -0.15) is 13.2 Å². The van der Waals surface area contributed by atoms with Crippen molar-refractivity contribution in [3.63, 3.8) is 0 Å².